The third-order valence-electron chi connectivity index (χ3n) is 6.40. The lowest BCUT2D eigenvalue weighted by molar-refractivity contribution is -0.138. The van der Waals surface area contributed by atoms with Crippen molar-refractivity contribution in [1.29, 1.82) is 0 Å². The third kappa shape index (κ3) is 3.25. The van der Waals surface area contributed by atoms with Crippen LogP contribution in [-0.4, -0.2) is 40.9 Å². The summed E-state index contributed by atoms with van der Waals surface area (Å²) in [5, 5.41) is 0.618. The van der Waals surface area contributed by atoms with Gasteiger partial charge in [0.1, 0.15) is 0 Å². The number of hydrogen-bond donors (Lipinski definition) is 0. The Labute approximate surface area is 173 Å². The number of nitrogens with zero attached hydrogens (tertiary/aromatic N) is 3. The summed E-state index contributed by atoms with van der Waals surface area (Å²) in [7, 11) is 0. The van der Waals surface area contributed by atoms with Crippen molar-refractivity contribution in [3.8, 4) is 0 Å². The summed E-state index contributed by atoms with van der Waals surface area (Å²) in [6, 6.07) is 12.5. The van der Waals surface area contributed by atoms with E-state index in [0.717, 1.165) is 17.8 Å². The molecule has 0 radical (unpaired) electrons. The van der Waals surface area contributed by atoms with Crippen molar-refractivity contribution in [1.82, 2.24) is 9.47 Å². The van der Waals surface area contributed by atoms with Gasteiger partial charge in [0.15, 0.2) is 0 Å². The number of rotatable bonds is 2. The molecule has 2 aromatic rings. The van der Waals surface area contributed by atoms with Crippen LogP contribution in [0.3, 0.4) is 0 Å². The van der Waals surface area contributed by atoms with E-state index in [4.69, 9.17) is 11.6 Å². The van der Waals surface area contributed by atoms with Crippen LogP contribution in [0, 0.1) is 11.8 Å². The second kappa shape index (κ2) is 7.02. The molecule has 1 aromatic heterocycles. The number of likely N-dealkylation sites (tertiary alicyclic amines) is 1. The van der Waals surface area contributed by atoms with Gasteiger partial charge in [-0.2, -0.15) is 0 Å². The van der Waals surface area contributed by atoms with E-state index in [9.17, 15) is 14.4 Å². The molecule has 2 bridgehead atoms. The number of anilines is 1. The second-order valence-corrected chi connectivity index (χ2v) is 8.76. The number of fused-ring (bicyclic) bond motifs is 4. The topological polar surface area (TPSA) is 62.6 Å². The van der Waals surface area contributed by atoms with E-state index in [-0.39, 0.29) is 41.5 Å². The summed E-state index contributed by atoms with van der Waals surface area (Å²) in [6.45, 7) is 2.34. The maximum Gasteiger partial charge on any atom is 0.250 e. The number of pyridine rings is 1. The summed E-state index contributed by atoms with van der Waals surface area (Å²) in [5.41, 5.74) is 1.84. The van der Waals surface area contributed by atoms with E-state index in [1.165, 1.54) is 0 Å². The number of halogens is 1. The lowest BCUT2D eigenvalue weighted by Crippen LogP contribution is -2.50. The highest BCUT2D eigenvalue weighted by Crippen LogP contribution is 2.36. The Bertz CT molecular complexity index is 1030. The minimum absolute atomic E-state index is 0.0280. The van der Waals surface area contributed by atoms with Crippen LogP contribution < -0.4 is 10.5 Å². The first-order valence-corrected chi connectivity index (χ1v) is 10.4. The van der Waals surface area contributed by atoms with Gasteiger partial charge in [0.05, 0.1) is 5.92 Å². The number of carbonyl (C=O) groups excluding carboxylic acids is 2. The molecule has 3 aliphatic rings. The Kier molecular flexibility index (Phi) is 4.46. The van der Waals surface area contributed by atoms with Gasteiger partial charge in [-0.3, -0.25) is 14.4 Å². The van der Waals surface area contributed by atoms with E-state index in [1.807, 2.05) is 27.7 Å². The van der Waals surface area contributed by atoms with Crippen LogP contribution in [0.15, 0.2) is 47.3 Å². The largest absolute Gasteiger partial charge is 0.341 e. The fourth-order valence-electron chi connectivity index (χ4n) is 5.08. The zero-order valence-electron chi connectivity index (χ0n) is 16.0. The fourth-order valence-corrected chi connectivity index (χ4v) is 5.20. The number of amides is 2. The molecule has 0 N–H and O–H groups in total. The SMILES string of the molecule is O=C([C@@H]1CC(=O)N(c2ccc(Cl)cc2)C1)N1C[C@H]2C[C@@H](C1)c1cccc(=O)n1C2. The van der Waals surface area contributed by atoms with Crippen molar-refractivity contribution in [2.45, 2.75) is 25.3 Å². The standard InChI is InChI=1S/C22H22ClN3O3/c23-17-4-6-18(7-5-17)25-13-16(9-21(25)28)22(29)24-10-14-8-15(12-24)19-2-1-3-20(27)26(19)11-14/h1-7,14-16H,8-13H2/t14-,15+,16-/m1/s1. The fraction of sp³-hybridized carbons (Fsp3) is 0.409. The Balaban J connectivity index is 1.32. The molecule has 0 saturated carbocycles. The predicted octanol–water partition coefficient (Wildman–Crippen LogP) is 2.50. The maximum absolute atomic E-state index is 13.2. The molecule has 5 rings (SSSR count). The van der Waals surface area contributed by atoms with Gasteiger partial charge in [-0.25, -0.2) is 0 Å². The first-order chi connectivity index (χ1) is 14.0. The lowest BCUT2D eigenvalue weighted by Gasteiger charge is -2.43. The number of piperidine rings is 1. The van der Waals surface area contributed by atoms with E-state index in [0.29, 0.717) is 31.2 Å². The number of carbonyl (C=O) groups is 2. The average molecular weight is 412 g/mol. The van der Waals surface area contributed by atoms with Crippen LogP contribution in [0.5, 0.6) is 0 Å². The molecule has 0 spiro atoms. The molecule has 0 unspecified atom stereocenters. The monoisotopic (exact) mass is 411 g/mol. The smallest absolute Gasteiger partial charge is 0.250 e. The molecule has 3 atom stereocenters. The van der Waals surface area contributed by atoms with E-state index >= 15 is 0 Å². The van der Waals surface area contributed by atoms with Gasteiger partial charge >= 0.3 is 0 Å². The van der Waals surface area contributed by atoms with Gasteiger partial charge in [-0.15, -0.1) is 0 Å². The summed E-state index contributed by atoms with van der Waals surface area (Å²) < 4.78 is 1.86. The minimum Gasteiger partial charge on any atom is -0.341 e. The van der Waals surface area contributed by atoms with Gasteiger partial charge in [0, 0.05) is 61.0 Å². The highest BCUT2D eigenvalue weighted by atomic mass is 35.5. The lowest BCUT2D eigenvalue weighted by atomic mass is 9.82. The van der Waals surface area contributed by atoms with E-state index < -0.39 is 0 Å². The van der Waals surface area contributed by atoms with Crippen LogP contribution in [0.1, 0.15) is 24.5 Å². The van der Waals surface area contributed by atoms with Gasteiger partial charge in [-0.1, -0.05) is 17.7 Å². The van der Waals surface area contributed by atoms with Crippen molar-refractivity contribution >= 4 is 29.1 Å². The van der Waals surface area contributed by atoms with Crippen molar-refractivity contribution in [2.24, 2.45) is 11.8 Å². The average Bonchev–Trinajstić information content (AvgIpc) is 3.10. The highest BCUT2D eigenvalue weighted by molar-refractivity contribution is 6.30. The first-order valence-electron chi connectivity index (χ1n) is 10.0. The summed E-state index contributed by atoms with van der Waals surface area (Å²) in [6.07, 6.45) is 1.25. The van der Waals surface area contributed by atoms with E-state index in [2.05, 4.69) is 0 Å². The van der Waals surface area contributed by atoms with Crippen molar-refractivity contribution in [3.63, 3.8) is 0 Å². The molecule has 7 heteroatoms. The van der Waals surface area contributed by atoms with Crippen molar-refractivity contribution in [2.75, 3.05) is 24.5 Å². The number of aromatic nitrogens is 1. The van der Waals surface area contributed by atoms with Gasteiger partial charge < -0.3 is 14.4 Å². The van der Waals surface area contributed by atoms with E-state index in [1.54, 1.807) is 29.2 Å². The van der Waals surface area contributed by atoms with Crippen LogP contribution in [0.25, 0.3) is 0 Å². The Morgan fingerprint density at radius 1 is 0.966 bits per heavy atom. The predicted molar refractivity (Wildman–Crippen MR) is 110 cm³/mol. The molecule has 6 nitrogen and oxygen atoms in total. The Hall–Kier alpha value is -2.60. The summed E-state index contributed by atoms with van der Waals surface area (Å²) in [4.78, 5) is 41.6. The highest BCUT2D eigenvalue weighted by Gasteiger charge is 2.41. The third-order valence-corrected chi connectivity index (χ3v) is 6.66. The molecule has 2 fully saturated rings. The van der Waals surface area contributed by atoms with Crippen LogP contribution >= 0.6 is 11.6 Å². The second-order valence-electron chi connectivity index (χ2n) is 8.32. The zero-order valence-corrected chi connectivity index (χ0v) is 16.7. The summed E-state index contributed by atoms with van der Waals surface area (Å²) >= 11 is 5.94. The normalized spacial score (nSPS) is 25.8. The van der Waals surface area contributed by atoms with Crippen molar-refractivity contribution in [3.05, 3.63) is 63.5 Å². The quantitative estimate of drug-likeness (QED) is 0.762. The van der Waals surface area contributed by atoms with Crippen LogP contribution in [0.2, 0.25) is 5.02 Å². The molecule has 0 aliphatic carbocycles. The van der Waals surface area contributed by atoms with Crippen LogP contribution in [0.4, 0.5) is 5.69 Å². The minimum atomic E-state index is -0.324. The molecule has 2 saturated heterocycles. The number of hydrogen-bond acceptors (Lipinski definition) is 3. The van der Waals surface area contributed by atoms with Gasteiger partial charge in [-0.05, 0) is 42.7 Å². The zero-order chi connectivity index (χ0) is 20.1. The molecule has 29 heavy (non-hydrogen) atoms. The van der Waals surface area contributed by atoms with Gasteiger partial charge in [0.25, 0.3) is 5.56 Å². The molecular weight excluding hydrogens is 390 g/mol. The van der Waals surface area contributed by atoms with Crippen LogP contribution in [-0.2, 0) is 16.1 Å². The first kappa shape index (κ1) is 18.4. The molecular formula is C22H22ClN3O3. The Morgan fingerprint density at radius 3 is 2.55 bits per heavy atom. The van der Waals surface area contributed by atoms with Crippen molar-refractivity contribution < 1.29 is 9.59 Å². The molecule has 1 aromatic carbocycles. The maximum atomic E-state index is 13.2. The molecule has 2 amide bonds. The summed E-state index contributed by atoms with van der Waals surface area (Å²) in [5.74, 6) is 0.172. The molecule has 150 valence electrons. The Morgan fingerprint density at radius 2 is 1.76 bits per heavy atom. The molecule has 3 aliphatic heterocycles. The van der Waals surface area contributed by atoms with Gasteiger partial charge in [0.2, 0.25) is 11.8 Å². The number of benzene rings is 1. The molecule has 4 heterocycles.